The highest BCUT2D eigenvalue weighted by molar-refractivity contribution is 5.19. The summed E-state index contributed by atoms with van der Waals surface area (Å²) in [5.41, 5.74) is 7.03. The van der Waals surface area contributed by atoms with Crippen LogP contribution in [-0.2, 0) is 11.3 Å². The van der Waals surface area contributed by atoms with Crippen LogP contribution in [0.5, 0.6) is 0 Å². The molecule has 2 N–H and O–H groups in total. The smallest absolute Gasteiger partial charge is 0.131 e. The van der Waals surface area contributed by atoms with Gasteiger partial charge in [-0.2, -0.15) is 0 Å². The van der Waals surface area contributed by atoms with E-state index >= 15 is 0 Å². The maximum atomic E-state index is 13.7. The largest absolute Gasteiger partial charge is 0.369 e. The Balaban J connectivity index is 2.14. The zero-order valence-corrected chi connectivity index (χ0v) is 12.8. The van der Waals surface area contributed by atoms with E-state index in [4.69, 9.17) is 10.5 Å². The molecule has 1 aromatic carbocycles. The molecule has 0 aromatic heterocycles. The normalized spacial score (nSPS) is 23.0. The second-order valence-electron chi connectivity index (χ2n) is 6.46. The molecule has 1 aromatic rings. The molecular formula is C17H23F2NO. The predicted molar refractivity (Wildman–Crippen MR) is 79.7 cm³/mol. The molecule has 1 aliphatic carbocycles. The van der Waals surface area contributed by atoms with Crippen LogP contribution in [0.15, 0.2) is 29.8 Å². The number of ether oxygens (including phenoxy) is 1. The minimum absolute atomic E-state index is 0.0253. The van der Waals surface area contributed by atoms with Crippen LogP contribution in [0, 0.1) is 17.6 Å². The van der Waals surface area contributed by atoms with Gasteiger partial charge in [-0.05, 0) is 45.7 Å². The van der Waals surface area contributed by atoms with Crippen molar-refractivity contribution < 1.29 is 13.5 Å². The molecule has 0 radical (unpaired) electrons. The molecule has 0 aliphatic heterocycles. The van der Waals surface area contributed by atoms with E-state index in [9.17, 15) is 8.78 Å². The first-order valence-electron chi connectivity index (χ1n) is 7.29. The van der Waals surface area contributed by atoms with Crippen molar-refractivity contribution in [1.82, 2.24) is 0 Å². The highest BCUT2D eigenvalue weighted by Crippen LogP contribution is 2.33. The van der Waals surface area contributed by atoms with Gasteiger partial charge in [-0.1, -0.05) is 17.7 Å². The minimum Gasteiger partial charge on any atom is -0.369 e. The van der Waals surface area contributed by atoms with Crippen LogP contribution >= 0.6 is 0 Å². The van der Waals surface area contributed by atoms with Gasteiger partial charge in [0.25, 0.3) is 0 Å². The Bertz CT molecular complexity index is 514. The summed E-state index contributed by atoms with van der Waals surface area (Å²) >= 11 is 0. The first-order chi connectivity index (χ1) is 9.79. The Kier molecular flexibility index (Phi) is 4.79. The molecule has 2 nitrogen and oxygen atoms in total. The minimum atomic E-state index is -0.574. The first kappa shape index (κ1) is 16.1. The molecule has 2 unspecified atom stereocenters. The van der Waals surface area contributed by atoms with Crippen molar-refractivity contribution >= 4 is 0 Å². The molecule has 0 heterocycles. The molecule has 0 spiro atoms. The van der Waals surface area contributed by atoms with Gasteiger partial charge in [-0.15, -0.1) is 0 Å². The third kappa shape index (κ3) is 3.89. The van der Waals surface area contributed by atoms with Gasteiger partial charge in [-0.3, -0.25) is 0 Å². The molecule has 0 saturated heterocycles. The Morgan fingerprint density at radius 1 is 1.29 bits per heavy atom. The number of hydrogen-bond acceptors (Lipinski definition) is 2. The second kappa shape index (κ2) is 6.24. The summed E-state index contributed by atoms with van der Waals surface area (Å²) in [6, 6.07) is 3.84. The summed E-state index contributed by atoms with van der Waals surface area (Å²) in [5, 5.41) is 0. The monoisotopic (exact) mass is 295 g/mol. The van der Waals surface area contributed by atoms with Gasteiger partial charge in [0.2, 0.25) is 0 Å². The van der Waals surface area contributed by atoms with Crippen LogP contribution in [-0.4, -0.2) is 11.6 Å². The van der Waals surface area contributed by atoms with Gasteiger partial charge < -0.3 is 10.5 Å². The molecule has 116 valence electrons. The number of hydrogen-bond donors (Lipinski definition) is 1. The lowest BCUT2D eigenvalue weighted by molar-refractivity contribution is 0.00139. The zero-order valence-electron chi connectivity index (χ0n) is 12.8. The van der Waals surface area contributed by atoms with Gasteiger partial charge in [0.05, 0.1) is 12.7 Å². The first-order valence-corrected chi connectivity index (χ1v) is 7.29. The molecule has 21 heavy (non-hydrogen) atoms. The van der Waals surface area contributed by atoms with E-state index in [1.165, 1.54) is 23.8 Å². The lowest BCUT2D eigenvalue weighted by atomic mass is 9.76. The van der Waals surface area contributed by atoms with Crippen molar-refractivity contribution in [3.05, 3.63) is 47.0 Å². The quantitative estimate of drug-likeness (QED) is 0.854. The van der Waals surface area contributed by atoms with Crippen LogP contribution in [0.4, 0.5) is 8.78 Å². The van der Waals surface area contributed by atoms with E-state index in [1.54, 1.807) is 0 Å². The van der Waals surface area contributed by atoms with Gasteiger partial charge in [0, 0.05) is 17.0 Å². The fourth-order valence-corrected chi connectivity index (χ4v) is 2.84. The van der Waals surface area contributed by atoms with Crippen molar-refractivity contribution in [3.63, 3.8) is 0 Å². The van der Waals surface area contributed by atoms with Gasteiger partial charge >= 0.3 is 0 Å². The molecule has 2 atom stereocenters. The van der Waals surface area contributed by atoms with Crippen LogP contribution in [0.1, 0.15) is 39.2 Å². The number of rotatable bonds is 4. The maximum Gasteiger partial charge on any atom is 0.131 e. The summed E-state index contributed by atoms with van der Waals surface area (Å²) in [6.45, 7) is 5.89. The number of benzene rings is 1. The van der Waals surface area contributed by atoms with E-state index in [0.29, 0.717) is 0 Å². The number of halogens is 2. The van der Waals surface area contributed by atoms with E-state index < -0.39 is 17.2 Å². The SMILES string of the molecule is CC1=CC(OCc2c(F)cccc2F)C(C(C)(C)N)CC1. The van der Waals surface area contributed by atoms with Crippen LogP contribution in [0.3, 0.4) is 0 Å². The summed E-state index contributed by atoms with van der Waals surface area (Å²) < 4.78 is 33.1. The lowest BCUT2D eigenvalue weighted by Gasteiger charge is -2.38. The highest BCUT2D eigenvalue weighted by Gasteiger charge is 2.34. The number of allylic oxidation sites excluding steroid dienone is 1. The van der Waals surface area contributed by atoms with Gasteiger partial charge in [0.15, 0.2) is 0 Å². The lowest BCUT2D eigenvalue weighted by Crippen LogP contribution is -2.48. The van der Waals surface area contributed by atoms with Gasteiger partial charge in [-0.25, -0.2) is 8.78 Å². The Labute approximate surface area is 125 Å². The van der Waals surface area contributed by atoms with Crippen LogP contribution in [0.25, 0.3) is 0 Å². The Morgan fingerprint density at radius 3 is 2.48 bits per heavy atom. The highest BCUT2D eigenvalue weighted by atomic mass is 19.1. The zero-order chi connectivity index (χ0) is 15.6. The van der Waals surface area contributed by atoms with Crippen molar-refractivity contribution in [2.24, 2.45) is 11.7 Å². The predicted octanol–water partition coefficient (Wildman–Crippen LogP) is 3.94. The second-order valence-corrected chi connectivity index (χ2v) is 6.46. The molecule has 2 rings (SSSR count). The third-order valence-electron chi connectivity index (χ3n) is 4.13. The average Bonchev–Trinajstić information content (AvgIpc) is 2.36. The van der Waals surface area contributed by atoms with Gasteiger partial charge in [0.1, 0.15) is 11.6 Å². The fraction of sp³-hybridized carbons (Fsp3) is 0.529. The van der Waals surface area contributed by atoms with E-state index in [0.717, 1.165) is 12.8 Å². The fourth-order valence-electron chi connectivity index (χ4n) is 2.84. The molecule has 0 amide bonds. The summed E-state index contributed by atoms with van der Waals surface area (Å²) in [7, 11) is 0. The molecule has 0 bridgehead atoms. The summed E-state index contributed by atoms with van der Waals surface area (Å²) in [5.74, 6) is -1.01. The molecule has 1 aliphatic rings. The maximum absolute atomic E-state index is 13.7. The third-order valence-corrected chi connectivity index (χ3v) is 4.13. The van der Waals surface area contributed by atoms with Crippen LogP contribution in [0.2, 0.25) is 0 Å². The van der Waals surface area contributed by atoms with E-state index in [-0.39, 0.29) is 24.2 Å². The van der Waals surface area contributed by atoms with Crippen molar-refractivity contribution in [3.8, 4) is 0 Å². The summed E-state index contributed by atoms with van der Waals surface area (Å²) in [4.78, 5) is 0. The molecule has 0 fully saturated rings. The van der Waals surface area contributed by atoms with Crippen molar-refractivity contribution in [2.75, 3.05) is 0 Å². The van der Waals surface area contributed by atoms with E-state index in [1.807, 2.05) is 26.8 Å². The molecular weight excluding hydrogens is 272 g/mol. The van der Waals surface area contributed by atoms with Crippen LogP contribution < -0.4 is 5.73 Å². The average molecular weight is 295 g/mol. The molecule has 4 heteroatoms. The summed E-state index contributed by atoms with van der Waals surface area (Å²) in [6.07, 6.45) is 3.73. The van der Waals surface area contributed by atoms with Crippen molar-refractivity contribution in [2.45, 2.75) is 51.9 Å². The topological polar surface area (TPSA) is 35.2 Å². The standard InChI is InChI=1S/C17H23F2NO/c1-11-7-8-13(17(2,3)20)16(9-11)21-10-12-14(18)5-4-6-15(12)19/h4-6,9,13,16H,7-8,10,20H2,1-3H3. The Hall–Kier alpha value is -1.26. The number of nitrogens with two attached hydrogens (primary N) is 1. The van der Waals surface area contributed by atoms with Crippen molar-refractivity contribution in [1.29, 1.82) is 0 Å². The Morgan fingerprint density at radius 2 is 1.90 bits per heavy atom. The molecule has 0 saturated carbocycles. The van der Waals surface area contributed by atoms with E-state index in [2.05, 4.69) is 0 Å².